The van der Waals surface area contributed by atoms with Crippen LogP contribution in [0.2, 0.25) is 0 Å². The van der Waals surface area contributed by atoms with E-state index in [1.165, 1.54) is 19.3 Å². The molecule has 0 saturated carbocycles. The SMILES string of the molecule is O=C1NCC2C1CCCN2CCCCCCl. The molecule has 0 aromatic carbocycles. The van der Waals surface area contributed by atoms with Gasteiger partial charge in [-0.05, 0) is 38.8 Å². The molecule has 2 aliphatic heterocycles. The molecule has 2 rings (SSSR count). The number of halogens is 1. The Morgan fingerprint density at radius 3 is 3.06 bits per heavy atom. The molecule has 2 fully saturated rings. The lowest BCUT2D eigenvalue weighted by atomic mass is 9.91. The number of rotatable bonds is 5. The zero-order valence-corrected chi connectivity index (χ0v) is 10.5. The van der Waals surface area contributed by atoms with Crippen LogP contribution in [0.4, 0.5) is 0 Å². The van der Waals surface area contributed by atoms with Gasteiger partial charge >= 0.3 is 0 Å². The average Bonchev–Trinajstić information content (AvgIpc) is 2.68. The molecular weight excluding hydrogens is 224 g/mol. The second-order valence-corrected chi connectivity index (χ2v) is 5.22. The summed E-state index contributed by atoms with van der Waals surface area (Å²) in [7, 11) is 0. The molecule has 2 unspecified atom stereocenters. The third kappa shape index (κ3) is 2.69. The number of alkyl halides is 1. The van der Waals surface area contributed by atoms with Gasteiger partial charge in [0, 0.05) is 18.5 Å². The standard InChI is InChI=1S/C12H21ClN2O/c13-6-2-1-3-7-15-8-4-5-10-11(15)9-14-12(10)16/h10-11H,1-9H2,(H,14,16). The van der Waals surface area contributed by atoms with Gasteiger partial charge in [0.1, 0.15) is 0 Å². The van der Waals surface area contributed by atoms with Crippen molar-refractivity contribution in [3.05, 3.63) is 0 Å². The molecule has 3 nitrogen and oxygen atoms in total. The molecule has 1 N–H and O–H groups in total. The van der Waals surface area contributed by atoms with Crippen LogP contribution >= 0.6 is 11.6 Å². The van der Waals surface area contributed by atoms with E-state index in [2.05, 4.69) is 10.2 Å². The first-order valence-corrected chi connectivity index (χ1v) is 6.94. The molecule has 1 amide bonds. The number of carbonyl (C=O) groups excluding carboxylic acids is 1. The van der Waals surface area contributed by atoms with Gasteiger partial charge < -0.3 is 5.32 Å². The molecule has 0 radical (unpaired) electrons. The smallest absolute Gasteiger partial charge is 0.224 e. The van der Waals surface area contributed by atoms with Gasteiger partial charge in [0.25, 0.3) is 0 Å². The summed E-state index contributed by atoms with van der Waals surface area (Å²) in [6.07, 6.45) is 5.78. The minimum Gasteiger partial charge on any atom is -0.354 e. The van der Waals surface area contributed by atoms with Crippen molar-refractivity contribution in [2.45, 2.75) is 38.1 Å². The summed E-state index contributed by atoms with van der Waals surface area (Å²) in [6.45, 7) is 3.16. The maximum absolute atomic E-state index is 11.6. The van der Waals surface area contributed by atoms with Gasteiger partial charge in [-0.25, -0.2) is 0 Å². The Kier molecular flexibility index (Phi) is 4.47. The number of unbranched alkanes of at least 4 members (excludes halogenated alkanes) is 2. The van der Waals surface area contributed by atoms with E-state index in [0.717, 1.165) is 38.4 Å². The van der Waals surface area contributed by atoms with Crippen molar-refractivity contribution in [2.75, 3.05) is 25.5 Å². The molecule has 0 aromatic rings. The van der Waals surface area contributed by atoms with Gasteiger partial charge in [-0.2, -0.15) is 0 Å². The fourth-order valence-electron chi connectivity index (χ4n) is 2.90. The highest BCUT2D eigenvalue weighted by atomic mass is 35.5. The first-order chi connectivity index (χ1) is 7.83. The summed E-state index contributed by atoms with van der Waals surface area (Å²) in [5.74, 6) is 1.31. The molecule has 2 heterocycles. The van der Waals surface area contributed by atoms with Gasteiger partial charge in [0.2, 0.25) is 5.91 Å². The van der Waals surface area contributed by atoms with Crippen molar-refractivity contribution >= 4 is 17.5 Å². The number of fused-ring (bicyclic) bond motifs is 1. The lowest BCUT2D eigenvalue weighted by Crippen LogP contribution is -2.45. The molecule has 0 aromatic heterocycles. The highest BCUT2D eigenvalue weighted by Gasteiger charge is 2.40. The Morgan fingerprint density at radius 1 is 1.38 bits per heavy atom. The van der Waals surface area contributed by atoms with E-state index in [0.29, 0.717) is 6.04 Å². The van der Waals surface area contributed by atoms with Crippen LogP contribution < -0.4 is 5.32 Å². The Hall–Kier alpha value is -0.280. The molecule has 2 saturated heterocycles. The number of nitrogens with one attached hydrogen (secondary N) is 1. The lowest BCUT2D eigenvalue weighted by molar-refractivity contribution is -0.124. The molecule has 92 valence electrons. The fourth-order valence-corrected chi connectivity index (χ4v) is 3.09. The second kappa shape index (κ2) is 5.87. The van der Waals surface area contributed by atoms with Crippen molar-refractivity contribution in [2.24, 2.45) is 5.92 Å². The van der Waals surface area contributed by atoms with Crippen molar-refractivity contribution in [3.63, 3.8) is 0 Å². The van der Waals surface area contributed by atoms with Crippen LogP contribution in [-0.4, -0.2) is 42.4 Å². The number of piperidine rings is 1. The number of amides is 1. The second-order valence-electron chi connectivity index (χ2n) is 4.85. The Balaban J connectivity index is 1.78. The number of nitrogens with zero attached hydrogens (tertiary/aromatic N) is 1. The van der Waals surface area contributed by atoms with Gasteiger partial charge in [-0.15, -0.1) is 11.6 Å². The minimum absolute atomic E-state index is 0.266. The topological polar surface area (TPSA) is 32.3 Å². The average molecular weight is 245 g/mol. The van der Waals surface area contributed by atoms with Crippen LogP contribution in [0.5, 0.6) is 0 Å². The molecular formula is C12H21ClN2O. The van der Waals surface area contributed by atoms with Gasteiger partial charge in [0.15, 0.2) is 0 Å². The first kappa shape index (κ1) is 12.2. The van der Waals surface area contributed by atoms with E-state index >= 15 is 0 Å². The van der Waals surface area contributed by atoms with Crippen LogP contribution in [0.1, 0.15) is 32.1 Å². The van der Waals surface area contributed by atoms with Gasteiger partial charge in [0.05, 0.1) is 5.92 Å². The molecule has 4 heteroatoms. The van der Waals surface area contributed by atoms with Crippen LogP contribution in [0, 0.1) is 5.92 Å². The number of hydrogen-bond acceptors (Lipinski definition) is 2. The fraction of sp³-hybridized carbons (Fsp3) is 0.917. The molecule has 0 bridgehead atoms. The third-order valence-corrected chi connectivity index (χ3v) is 4.06. The zero-order chi connectivity index (χ0) is 11.4. The quantitative estimate of drug-likeness (QED) is 0.589. The summed E-state index contributed by atoms with van der Waals surface area (Å²) in [6, 6.07) is 0.470. The van der Waals surface area contributed by atoms with Crippen LogP contribution in [0.3, 0.4) is 0 Å². The summed E-state index contributed by atoms with van der Waals surface area (Å²) < 4.78 is 0. The van der Waals surface area contributed by atoms with E-state index in [9.17, 15) is 4.79 Å². The maximum Gasteiger partial charge on any atom is 0.224 e. The van der Waals surface area contributed by atoms with Crippen LogP contribution in [0.15, 0.2) is 0 Å². The summed E-state index contributed by atoms with van der Waals surface area (Å²) >= 11 is 5.66. The minimum atomic E-state index is 0.266. The van der Waals surface area contributed by atoms with Gasteiger partial charge in [-0.3, -0.25) is 9.69 Å². The zero-order valence-electron chi connectivity index (χ0n) is 9.75. The number of likely N-dealkylation sites (tertiary alicyclic amines) is 1. The Bertz CT molecular complexity index is 247. The van der Waals surface area contributed by atoms with Crippen molar-refractivity contribution in [1.29, 1.82) is 0 Å². The lowest BCUT2D eigenvalue weighted by Gasteiger charge is -2.35. The molecule has 2 atom stereocenters. The molecule has 2 aliphatic rings. The molecule has 16 heavy (non-hydrogen) atoms. The molecule has 0 aliphatic carbocycles. The monoisotopic (exact) mass is 244 g/mol. The number of carbonyl (C=O) groups is 1. The summed E-state index contributed by atoms with van der Waals surface area (Å²) in [5, 5.41) is 2.99. The number of hydrogen-bond donors (Lipinski definition) is 1. The largest absolute Gasteiger partial charge is 0.354 e. The van der Waals surface area contributed by atoms with E-state index in [1.54, 1.807) is 0 Å². The normalized spacial score (nSPS) is 30.2. The van der Waals surface area contributed by atoms with E-state index in [4.69, 9.17) is 11.6 Å². The Labute approximate surface area is 103 Å². The van der Waals surface area contributed by atoms with Crippen molar-refractivity contribution < 1.29 is 4.79 Å². The predicted molar refractivity (Wildman–Crippen MR) is 65.7 cm³/mol. The van der Waals surface area contributed by atoms with E-state index < -0.39 is 0 Å². The van der Waals surface area contributed by atoms with E-state index in [-0.39, 0.29) is 11.8 Å². The highest BCUT2D eigenvalue weighted by molar-refractivity contribution is 6.17. The highest BCUT2D eigenvalue weighted by Crippen LogP contribution is 2.27. The van der Waals surface area contributed by atoms with Crippen LogP contribution in [-0.2, 0) is 4.79 Å². The molecule has 0 spiro atoms. The third-order valence-electron chi connectivity index (χ3n) is 3.80. The summed E-state index contributed by atoms with van der Waals surface area (Å²) in [5.41, 5.74) is 0. The maximum atomic E-state index is 11.6. The van der Waals surface area contributed by atoms with E-state index in [1.807, 2.05) is 0 Å². The summed E-state index contributed by atoms with van der Waals surface area (Å²) in [4.78, 5) is 14.1. The van der Waals surface area contributed by atoms with Gasteiger partial charge in [-0.1, -0.05) is 6.42 Å². The van der Waals surface area contributed by atoms with Crippen LogP contribution in [0.25, 0.3) is 0 Å². The van der Waals surface area contributed by atoms with Crippen molar-refractivity contribution in [1.82, 2.24) is 10.2 Å². The van der Waals surface area contributed by atoms with Crippen molar-refractivity contribution in [3.8, 4) is 0 Å². The predicted octanol–water partition coefficient (Wildman–Crippen LogP) is 1.61. The first-order valence-electron chi connectivity index (χ1n) is 6.40. The Morgan fingerprint density at radius 2 is 2.25 bits per heavy atom.